The zero-order chi connectivity index (χ0) is 13.8. The molecule has 0 aliphatic carbocycles. The van der Waals surface area contributed by atoms with Crippen LogP contribution in [0.5, 0.6) is 0 Å². The van der Waals surface area contributed by atoms with Crippen molar-refractivity contribution in [2.45, 2.75) is 6.54 Å². The number of benzene rings is 1. The van der Waals surface area contributed by atoms with Crippen molar-refractivity contribution in [3.63, 3.8) is 0 Å². The minimum Gasteiger partial charge on any atom is -0.396 e. The highest BCUT2D eigenvalue weighted by Crippen LogP contribution is 2.18. The van der Waals surface area contributed by atoms with Crippen molar-refractivity contribution in [1.29, 1.82) is 0 Å². The lowest BCUT2D eigenvalue weighted by Gasteiger charge is -2.09. The van der Waals surface area contributed by atoms with Crippen LogP contribution in [0.25, 0.3) is 0 Å². The van der Waals surface area contributed by atoms with Gasteiger partial charge in [-0.1, -0.05) is 28.1 Å². The normalized spacial score (nSPS) is 10.2. The molecule has 1 aromatic carbocycles. The summed E-state index contributed by atoms with van der Waals surface area (Å²) in [6.45, 7) is 0.554. The molecule has 6 heteroatoms. The molecular weight excluding hydrogens is 308 g/mol. The fourth-order valence-electron chi connectivity index (χ4n) is 1.58. The van der Waals surface area contributed by atoms with Gasteiger partial charge in [-0.3, -0.25) is 4.79 Å². The van der Waals surface area contributed by atoms with Gasteiger partial charge >= 0.3 is 0 Å². The Morgan fingerprint density at radius 3 is 2.79 bits per heavy atom. The van der Waals surface area contributed by atoms with Crippen LogP contribution in [-0.4, -0.2) is 10.9 Å². The first-order valence-corrected chi connectivity index (χ1v) is 6.40. The van der Waals surface area contributed by atoms with Gasteiger partial charge in [0.2, 0.25) is 0 Å². The van der Waals surface area contributed by atoms with Gasteiger partial charge in [-0.15, -0.1) is 0 Å². The van der Waals surface area contributed by atoms with Crippen LogP contribution < -0.4 is 16.8 Å². The van der Waals surface area contributed by atoms with Gasteiger partial charge in [-0.25, -0.2) is 4.98 Å². The summed E-state index contributed by atoms with van der Waals surface area (Å²) >= 11 is 3.40. The van der Waals surface area contributed by atoms with E-state index in [-0.39, 0.29) is 5.69 Å². The zero-order valence-corrected chi connectivity index (χ0v) is 11.6. The standard InChI is InChI=1S/C13H13BrN4O/c14-9-3-1-2-8(6-9)7-17-13-10(15)4-5-11(18-13)12(16)19/h1-6H,7,15H2,(H2,16,19)(H,17,18). The molecule has 19 heavy (non-hydrogen) atoms. The minimum absolute atomic E-state index is 0.186. The molecule has 2 rings (SSSR count). The fraction of sp³-hybridized carbons (Fsp3) is 0.0769. The van der Waals surface area contributed by atoms with E-state index >= 15 is 0 Å². The van der Waals surface area contributed by atoms with E-state index in [0.29, 0.717) is 18.1 Å². The molecule has 1 amide bonds. The molecule has 1 aromatic heterocycles. The number of nitrogens with two attached hydrogens (primary N) is 2. The smallest absolute Gasteiger partial charge is 0.267 e. The SMILES string of the molecule is NC(=O)c1ccc(N)c(NCc2cccc(Br)c2)n1. The summed E-state index contributed by atoms with van der Waals surface area (Å²) in [7, 11) is 0. The summed E-state index contributed by atoms with van der Waals surface area (Å²) in [4.78, 5) is 15.2. The second-order valence-electron chi connectivity index (χ2n) is 3.98. The highest BCUT2D eigenvalue weighted by molar-refractivity contribution is 9.10. The third-order valence-corrected chi connectivity index (χ3v) is 3.02. The highest BCUT2D eigenvalue weighted by Gasteiger charge is 2.06. The first-order valence-electron chi connectivity index (χ1n) is 5.61. The quantitative estimate of drug-likeness (QED) is 0.804. The van der Waals surface area contributed by atoms with Gasteiger partial charge in [0.25, 0.3) is 5.91 Å². The zero-order valence-electron chi connectivity index (χ0n) is 10.1. The van der Waals surface area contributed by atoms with Crippen molar-refractivity contribution in [3.8, 4) is 0 Å². The van der Waals surface area contributed by atoms with E-state index in [1.807, 2.05) is 24.3 Å². The highest BCUT2D eigenvalue weighted by atomic mass is 79.9. The number of nitrogen functional groups attached to an aromatic ring is 1. The molecule has 0 aliphatic rings. The third kappa shape index (κ3) is 3.45. The number of carbonyl (C=O) groups is 1. The summed E-state index contributed by atoms with van der Waals surface area (Å²) in [5.41, 5.74) is 12.7. The molecule has 0 aliphatic heterocycles. The van der Waals surface area contributed by atoms with E-state index in [4.69, 9.17) is 11.5 Å². The molecule has 0 saturated heterocycles. The number of aromatic nitrogens is 1. The molecule has 0 atom stereocenters. The molecule has 2 aromatic rings. The number of hydrogen-bond acceptors (Lipinski definition) is 4. The van der Waals surface area contributed by atoms with Crippen molar-refractivity contribution in [2.24, 2.45) is 5.73 Å². The monoisotopic (exact) mass is 320 g/mol. The minimum atomic E-state index is -0.578. The Balaban J connectivity index is 2.15. The predicted octanol–water partition coefficient (Wildman–Crippen LogP) is 2.14. The number of primary amides is 1. The Morgan fingerprint density at radius 1 is 1.32 bits per heavy atom. The average Bonchev–Trinajstić information content (AvgIpc) is 2.37. The van der Waals surface area contributed by atoms with Gasteiger partial charge in [0.05, 0.1) is 5.69 Å². The molecule has 98 valence electrons. The Labute approximate surface area is 119 Å². The summed E-state index contributed by atoms with van der Waals surface area (Å²) in [6, 6.07) is 11.0. The second kappa shape index (κ2) is 5.71. The van der Waals surface area contributed by atoms with Crippen LogP contribution in [0.2, 0.25) is 0 Å². The Morgan fingerprint density at radius 2 is 2.11 bits per heavy atom. The maximum Gasteiger partial charge on any atom is 0.267 e. The number of rotatable bonds is 4. The van der Waals surface area contributed by atoms with Crippen molar-refractivity contribution in [3.05, 3.63) is 52.1 Å². The molecule has 0 bridgehead atoms. The molecule has 5 nitrogen and oxygen atoms in total. The molecule has 0 saturated carbocycles. The topological polar surface area (TPSA) is 94.0 Å². The van der Waals surface area contributed by atoms with E-state index in [1.165, 1.54) is 6.07 Å². The lowest BCUT2D eigenvalue weighted by atomic mass is 10.2. The molecular formula is C13H13BrN4O. The molecule has 0 radical (unpaired) electrons. The summed E-state index contributed by atoms with van der Waals surface area (Å²) in [5, 5.41) is 3.09. The maximum atomic E-state index is 11.1. The van der Waals surface area contributed by atoms with Gasteiger partial charge in [0, 0.05) is 11.0 Å². The lowest BCUT2D eigenvalue weighted by Crippen LogP contribution is -2.15. The number of hydrogen-bond donors (Lipinski definition) is 3. The Bertz CT molecular complexity index is 615. The molecule has 0 fully saturated rings. The van der Waals surface area contributed by atoms with Gasteiger partial charge in [-0.05, 0) is 29.8 Å². The Hall–Kier alpha value is -2.08. The van der Waals surface area contributed by atoms with Gasteiger partial charge in [-0.2, -0.15) is 0 Å². The average molecular weight is 321 g/mol. The maximum absolute atomic E-state index is 11.1. The van der Waals surface area contributed by atoms with Crippen LogP contribution in [0.4, 0.5) is 11.5 Å². The van der Waals surface area contributed by atoms with Crippen LogP contribution in [0.15, 0.2) is 40.9 Å². The third-order valence-electron chi connectivity index (χ3n) is 2.53. The number of amides is 1. The number of nitrogens with zero attached hydrogens (tertiary/aromatic N) is 1. The van der Waals surface area contributed by atoms with Gasteiger partial charge < -0.3 is 16.8 Å². The van der Waals surface area contributed by atoms with Crippen LogP contribution in [-0.2, 0) is 6.54 Å². The second-order valence-corrected chi connectivity index (χ2v) is 4.90. The van der Waals surface area contributed by atoms with E-state index in [2.05, 4.69) is 26.2 Å². The summed E-state index contributed by atoms with van der Waals surface area (Å²) < 4.78 is 0.999. The molecule has 1 heterocycles. The molecule has 0 spiro atoms. The number of pyridine rings is 1. The lowest BCUT2D eigenvalue weighted by molar-refractivity contribution is 0.0996. The predicted molar refractivity (Wildman–Crippen MR) is 78.6 cm³/mol. The Kier molecular flexibility index (Phi) is 4.01. The summed E-state index contributed by atoms with van der Waals surface area (Å²) in [6.07, 6.45) is 0. The summed E-state index contributed by atoms with van der Waals surface area (Å²) in [5.74, 6) is -0.123. The van der Waals surface area contributed by atoms with Crippen molar-refractivity contribution in [1.82, 2.24) is 4.98 Å². The van der Waals surface area contributed by atoms with E-state index in [9.17, 15) is 4.79 Å². The van der Waals surface area contributed by atoms with Crippen LogP contribution in [0.1, 0.15) is 16.1 Å². The first-order chi connectivity index (χ1) is 9.06. The molecule has 0 unspecified atom stereocenters. The van der Waals surface area contributed by atoms with Crippen LogP contribution >= 0.6 is 15.9 Å². The number of carbonyl (C=O) groups excluding carboxylic acids is 1. The van der Waals surface area contributed by atoms with Crippen LogP contribution in [0, 0.1) is 0 Å². The largest absolute Gasteiger partial charge is 0.396 e. The molecule has 5 N–H and O–H groups in total. The first kappa shape index (κ1) is 13.4. The van der Waals surface area contributed by atoms with E-state index < -0.39 is 5.91 Å². The van der Waals surface area contributed by atoms with Crippen LogP contribution in [0.3, 0.4) is 0 Å². The van der Waals surface area contributed by atoms with Crippen molar-refractivity contribution < 1.29 is 4.79 Å². The number of halogens is 1. The van der Waals surface area contributed by atoms with E-state index in [1.54, 1.807) is 6.07 Å². The number of nitrogens with one attached hydrogen (secondary N) is 1. The van der Waals surface area contributed by atoms with Gasteiger partial charge in [0.15, 0.2) is 0 Å². The van der Waals surface area contributed by atoms with Crippen molar-refractivity contribution >= 4 is 33.3 Å². The van der Waals surface area contributed by atoms with Crippen molar-refractivity contribution in [2.75, 3.05) is 11.1 Å². The number of anilines is 2. The van der Waals surface area contributed by atoms with E-state index in [0.717, 1.165) is 10.0 Å². The van der Waals surface area contributed by atoms with Gasteiger partial charge in [0.1, 0.15) is 11.5 Å². The fourth-order valence-corrected chi connectivity index (χ4v) is 2.03.